The number of aromatic nitrogens is 1. The molecule has 0 aromatic carbocycles. The molecule has 1 heterocycles. The van der Waals surface area contributed by atoms with E-state index in [1.807, 2.05) is 12.1 Å². The van der Waals surface area contributed by atoms with Crippen molar-refractivity contribution in [1.29, 1.82) is 0 Å². The average molecular weight is 294 g/mol. The van der Waals surface area contributed by atoms with Crippen LogP contribution in [-0.2, 0) is 16.6 Å². The fraction of sp³-hybridized carbons (Fsp3) is 0.375. The number of hydrogen-bond acceptors (Lipinski definition) is 4. The maximum absolute atomic E-state index is 10.6. The predicted molar refractivity (Wildman–Crippen MR) is 61.6 cm³/mol. The Morgan fingerprint density at radius 2 is 2.20 bits per heavy atom. The number of nitrogens with zero attached hydrogens (tertiary/aromatic N) is 1. The van der Waals surface area contributed by atoms with Crippen LogP contribution in [0, 0.1) is 0 Å². The summed E-state index contributed by atoms with van der Waals surface area (Å²) in [4.78, 5) is 4.12. The summed E-state index contributed by atoms with van der Waals surface area (Å²) in [5.74, 6) is -0.0659. The SMILES string of the molecule is NS(=O)(=O)CCNCc1ccc(Br)cn1. The first-order valence-corrected chi connectivity index (χ1v) is 6.80. The van der Waals surface area contributed by atoms with Crippen molar-refractivity contribution < 1.29 is 8.42 Å². The first-order chi connectivity index (χ1) is 6.97. The van der Waals surface area contributed by atoms with Crippen LogP contribution in [0.3, 0.4) is 0 Å². The van der Waals surface area contributed by atoms with Crippen LogP contribution < -0.4 is 10.5 Å². The van der Waals surface area contributed by atoms with E-state index in [2.05, 4.69) is 26.2 Å². The topological polar surface area (TPSA) is 85.1 Å². The molecule has 84 valence electrons. The van der Waals surface area contributed by atoms with Crippen LogP contribution in [0.15, 0.2) is 22.8 Å². The van der Waals surface area contributed by atoms with Crippen molar-refractivity contribution in [2.45, 2.75) is 6.54 Å². The molecule has 0 atom stereocenters. The van der Waals surface area contributed by atoms with Crippen molar-refractivity contribution >= 4 is 26.0 Å². The zero-order chi connectivity index (χ0) is 11.3. The maximum atomic E-state index is 10.6. The van der Waals surface area contributed by atoms with E-state index in [4.69, 9.17) is 5.14 Å². The Balaban J connectivity index is 2.29. The van der Waals surface area contributed by atoms with Crippen molar-refractivity contribution in [2.24, 2.45) is 5.14 Å². The van der Waals surface area contributed by atoms with Gasteiger partial charge in [-0.2, -0.15) is 0 Å². The molecule has 1 aromatic rings. The second-order valence-electron chi connectivity index (χ2n) is 3.01. The van der Waals surface area contributed by atoms with Crippen LogP contribution in [0.25, 0.3) is 0 Å². The highest BCUT2D eigenvalue weighted by Gasteiger charge is 2.01. The summed E-state index contributed by atoms with van der Waals surface area (Å²) in [6.45, 7) is 0.860. The third-order valence-corrected chi connectivity index (χ3v) is 2.90. The number of rotatable bonds is 5. The second kappa shape index (κ2) is 5.55. The monoisotopic (exact) mass is 293 g/mol. The van der Waals surface area contributed by atoms with Crippen molar-refractivity contribution in [1.82, 2.24) is 10.3 Å². The smallest absolute Gasteiger partial charge is 0.210 e. The highest BCUT2D eigenvalue weighted by molar-refractivity contribution is 9.10. The predicted octanol–water partition coefficient (Wildman–Crippen LogP) is 0.222. The molecule has 1 aromatic heterocycles. The Kier molecular flexibility index (Phi) is 4.65. The zero-order valence-corrected chi connectivity index (χ0v) is 10.4. The Morgan fingerprint density at radius 3 is 2.73 bits per heavy atom. The molecule has 15 heavy (non-hydrogen) atoms. The molecule has 0 spiro atoms. The van der Waals surface area contributed by atoms with Gasteiger partial charge in [0, 0.05) is 23.8 Å². The third kappa shape index (κ3) is 5.83. The number of pyridine rings is 1. The van der Waals surface area contributed by atoms with Gasteiger partial charge in [0.1, 0.15) is 0 Å². The molecular formula is C8H12BrN3O2S. The van der Waals surface area contributed by atoms with E-state index in [1.165, 1.54) is 0 Å². The zero-order valence-electron chi connectivity index (χ0n) is 7.98. The van der Waals surface area contributed by atoms with Gasteiger partial charge in [0.15, 0.2) is 0 Å². The minimum absolute atomic E-state index is 0.0659. The molecule has 0 aliphatic carbocycles. The molecule has 0 radical (unpaired) electrons. The summed E-state index contributed by atoms with van der Waals surface area (Å²) in [6, 6.07) is 3.73. The van der Waals surface area contributed by atoms with E-state index in [-0.39, 0.29) is 5.75 Å². The number of hydrogen-bond donors (Lipinski definition) is 2. The Bertz CT molecular complexity index is 404. The van der Waals surface area contributed by atoms with Gasteiger partial charge in [0.05, 0.1) is 11.4 Å². The van der Waals surface area contributed by atoms with E-state index in [1.54, 1.807) is 6.20 Å². The van der Waals surface area contributed by atoms with E-state index in [0.717, 1.165) is 10.2 Å². The van der Waals surface area contributed by atoms with Crippen molar-refractivity contribution in [3.05, 3.63) is 28.5 Å². The van der Waals surface area contributed by atoms with E-state index in [0.29, 0.717) is 13.1 Å². The number of sulfonamides is 1. The molecule has 0 bridgehead atoms. The highest BCUT2D eigenvalue weighted by Crippen LogP contribution is 2.06. The lowest BCUT2D eigenvalue weighted by molar-refractivity contribution is 0.592. The quantitative estimate of drug-likeness (QED) is 0.761. The minimum atomic E-state index is -3.38. The number of nitrogens with one attached hydrogen (secondary N) is 1. The lowest BCUT2D eigenvalue weighted by Gasteiger charge is -2.03. The molecule has 0 amide bonds. The summed E-state index contributed by atoms with van der Waals surface area (Å²) >= 11 is 3.27. The van der Waals surface area contributed by atoms with Crippen LogP contribution in [-0.4, -0.2) is 25.7 Å². The Labute approximate surface area is 97.3 Å². The van der Waals surface area contributed by atoms with Gasteiger partial charge in [-0.1, -0.05) is 0 Å². The Morgan fingerprint density at radius 1 is 1.47 bits per heavy atom. The van der Waals surface area contributed by atoms with Crippen LogP contribution in [0.1, 0.15) is 5.69 Å². The molecule has 5 nitrogen and oxygen atoms in total. The molecule has 0 aliphatic heterocycles. The standard InChI is InChI=1S/C8H12BrN3O2S/c9-7-1-2-8(12-5-7)6-11-3-4-15(10,13)14/h1-2,5,11H,3-4,6H2,(H2,10,13,14). The number of halogens is 1. The van der Waals surface area contributed by atoms with Gasteiger partial charge >= 0.3 is 0 Å². The number of nitrogens with two attached hydrogens (primary N) is 1. The molecule has 7 heteroatoms. The van der Waals surface area contributed by atoms with Crippen molar-refractivity contribution in [3.8, 4) is 0 Å². The van der Waals surface area contributed by atoms with Gasteiger partial charge in [-0.25, -0.2) is 13.6 Å². The van der Waals surface area contributed by atoms with Crippen LogP contribution in [0.2, 0.25) is 0 Å². The highest BCUT2D eigenvalue weighted by atomic mass is 79.9. The first kappa shape index (κ1) is 12.6. The second-order valence-corrected chi connectivity index (χ2v) is 5.66. The fourth-order valence-electron chi connectivity index (χ4n) is 0.942. The molecule has 3 N–H and O–H groups in total. The summed E-state index contributed by atoms with van der Waals surface area (Å²) in [7, 11) is -3.38. The van der Waals surface area contributed by atoms with Gasteiger partial charge in [0.25, 0.3) is 0 Å². The fourth-order valence-corrected chi connectivity index (χ4v) is 1.61. The molecule has 0 saturated heterocycles. The molecule has 0 fully saturated rings. The Hall–Kier alpha value is -0.500. The van der Waals surface area contributed by atoms with Gasteiger partial charge in [0.2, 0.25) is 10.0 Å². The first-order valence-electron chi connectivity index (χ1n) is 4.29. The van der Waals surface area contributed by atoms with Gasteiger partial charge in [-0.3, -0.25) is 4.98 Å². The molecule has 0 saturated carbocycles. The van der Waals surface area contributed by atoms with E-state index >= 15 is 0 Å². The van der Waals surface area contributed by atoms with Crippen LogP contribution in [0.5, 0.6) is 0 Å². The number of primary sulfonamides is 1. The van der Waals surface area contributed by atoms with E-state index < -0.39 is 10.0 Å². The van der Waals surface area contributed by atoms with Gasteiger partial charge in [-0.05, 0) is 28.1 Å². The van der Waals surface area contributed by atoms with E-state index in [9.17, 15) is 8.42 Å². The van der Waals surface area contributed by atoms with Crippen molar-refractivity contribution in [3.63, 3.8) is 0 Å². The van der Waals surface area contributed by atoms with Crippen LogP contribution >= 0.6 is 15.9 Å². The molecule has 1 rings (SSSR count). The largest absolute Gasteiger partial charge is 0.310 e. The molecule has 0 unspecified atom stereocenters. The minimum Gasteiger partial charge on any atom is -0.310 e. The van der Waals surface area contributed by atoms with Crippen molar-refractivity contribution in [2.75, 3.05) is 12.3 Å². The summed E-state index contributed by atoms with van der Waals surface area (Å²) < 4.78 is 22.1. The summed E-state index contributed by atoms with van der Waals surface area (Å²) in [5.41, 5.74) is 0.854. The third-order valence-electron chi connectivity index (χ3n) is 1.66. The van der Waals surface area contributed by atoms with Crippen LogP contribution in [0.4, 0.5) is 0 Å². The lowest BCUT2D eigenvalue weighted by atomic mass is 10.3. The molecule has 0 aliphatic rings. The lowest BCUT2D eigenvalue weighted by Crippen LogP contribution is -2.27. The van der Waals surface area contributed by atoms with Gasteiger partial charge in [-0.15, -0.1) is 0 Å². The molecular weight excluding hydrogens is 282 g/mol. The summed E-state index contributed by atoms with van der Waals surface area (Å²) in [5, 5.41) is 7.79. The average Bonchev–Trinajstić information content (AvgIpc) is 2.14. The summed E-state index contributed by atoms with van der Waals surface area (Å²) in [6.07, 6.45) is 1.69. The normalized spacial score (nSPS) is 11.6. The van der Waals surface area contributed by atoms with Gasteiger partial charge < -0.3 is 5.32 Å². The maximum Gasteiger partial charge on any atom is 0.210 e.